The molecule has 0 bridgehead atoms. The normalized spacial score (nSPS) is 23.6. The smallest absolute Gasteiger partial charge is 0.265 e. The molecule has 1 aliphatic carbocycles. The molecular weight excluding hydrogens is 238 g/mol. The molecule has 2 rings (SSSR count). The van der Waals surface area contributed by atoms with Crippen LogP contribution in [0.5, 0.6) is 0 Å². The van der Waals surface area contributed by atoms with Crippen LogP contribution in [-0.2, 0) is 0 Å². The van der Waals surface area contributed by atoms with Gasteiger partial charge in [-0.2, -0.15) is 0 Å². The van der Waals surface area contributed by atoms with Crippen molar-refractivity contribution in [2.75, 3.05) is 17.6 Å². The number of aliphatic hydroxyl groups excluding tert-OH is 1. The first-order valence-electron chi connectivity index (χ1n) is 6.17. The third kappa shape index (κ3) is 2.90. The Labute approximate surface area is 105 Å². The first-order chi connectivity index (χ1) is 8.58. The second-order valence-corrected chi connectivity index (χ2v) is 4.79. The summed E-state index contributed by atoms with van der Waals surface area (Å²) in [5.41, 5.74) is 6.16. The lowest BCUT2D eigenvalue weighted by Gasteiger charge is -2.18. The minimum absolute atomic E-state index is 0.0810. The lowest BCUT2D eigenvalue weighted by molar-refractivity contribution is 0.138. The van der Waals surface area contributed by atoms with Gasteiger partial charge < -0.3 is 16.2 Å². The fourth-order valence-electron chi connectivity index (χ4n) is 2.42. The van der Waals surface area contributed by atoms with E-state index in [2.05, 4.69) is 5.32 Å². The molecule has 0 aromatic heterocycles. The number of anilines is 2. The highest BCUT2D eigenvalue weighted by atomic mass is 19.3. The number of nitrogens with two attached hydrogens (primary N) is 1. The standard InChI is InChI=1S/C13H18F2N2O/c14-13(15)10-6-9(16)4-5-11(10)17-7-8-2-1-3-12(8)18/h4-6,8,12-13,17-18H,1-3,7,16H2. The summed E-state index contributed by atoms with van der Waals surface area (Å²) >= 11 is 0. The second-order valence-electron chi connectivity index (χ2n) is 4.79. The van der Waals surface area contributed by atoms with E-state index >= 15 is 0 Å². The first kappa shape index (κ1) is 13.1. The predicted molar refractivity (Wildman–Crippen MR) is 67.6 cm³/mol. The van der Waals surface area contributed by atoms with Gasteiger partial charge in [-0.15, -0.1) is 0 Å². The van der Waals surface area contributed by atoms with E-state index < -0.39 is 6.43 Å². The fraction of sp³-hybridized carbons (Fsp3) is 0.538. The Morgan fingerprint density at radius 1 is 1.39 bits per heavy atom. The zero-order chi connectivity index (χ0) is 13.1. The molecule has 1 fully saturated rings. The van der Waals surface area contributed by atoms with Crippen molar-refractivity contribution in [1.82, 2.24) is 0 Å². The van der Waals surface area contributed by atoms with E-state index in [0.717, 1.165) is 19.3 Å². The van der Waals surface area contributed by atoms with Gasteiger partial charge in [-0.25, -0.2) is 8.78 Å². The van der Waals surface area contributed by atoms with Gasteiger partial charge >= 0.3 is 0 Å². The van der Waals surface area contributed by atoms with Gasteiger partial charge in [-0.1, -0.05) is 6.42 Å². The van der Waals surface area contributed by atoms with E-state index in [0.29, 0.717) is 17.9 Å². The van der Waals surface area contributed by atoms with Crippen LogP contribution in [0.15, 0.2) is 18.2 Å². The largest absolute Gasteiger partial charge is 0.399 e. The summed E-state index contributed by atoms with van der Waals surface area (Å²) in [6.07, 6.45) is -0.134. The molecule has 0 saturated heterocycles. The molecule has 0 spiro atoms. The summed E-state index contributed by atoms with van der Waals surface area (Å²) in [7, 11) is 0. The van der Waals surface area contributed by atoms with E-state index in [1.54, 1.807) is 12.1 Å². The molecule has 1 aliphatic rings. The molecule has 2 unspecified atom stereocenters. The highest BCUT2D eigenvalue weighted by Gasteiger charge is 2.25. The number of benzene rings is 1. The fourth-order valence-corrected chi connectivity index (χ4v) is 2.42. The average Bonchev–Trinajstić information content (AvgIpc) is 2.73. The van der Waals surface area contributed by atoms with Gasteiger partial charge in [0.15, 0.2) is 0 Å². The number of halogens is 2. The Balaban J connectivity index is 2.04. The predicted octanol–water partition coefficient (Wildman–Crippen LogP) is 2.78. The van der Waals surface area contributed by atoms with Crippen molar-refractivity contribution in [3.63, 3.8) is 0 Å². The number of rotatable bonds is 4. The van der Waals surface area contributed by atoms with Crippen LogP contribution < -0.4 is 11.1 Å². The van der Waals surface area contributed by atoms with Gasteiger partial charge in [-0.05, 0) is 31.0 Å². The minimum atomic E-state index is -2.55. The van der Waals surface area contributed by atoms with E-state index in [1.165, 1.54) is 6.07 Å². The Hall–Kier alpha value is -1.36. The van der Waals surface area contributed by atoms with Crippen molar-refractivity contribution in [1.29, 1.82) is 0 Å². The van der Waals surface area contributed by atoms with Crippen molar-refractivity contribution in [3.8, 4) is 0 Å². The van der Waals surface area contributed by atoms with Crippen LogP contribution in [0.3, 0.4) is 0 Å². The number of alkyl halides is 2. The number of hydrogen-bond acceptors (Lipinski definition) is 3. The molecule has 100 valence electrons. The maximum absolute atomic E-state index is 12.8. The van der Waals surface area contributed by atoms with E-state index in [-0.39, 0.29) is 17.6 Å². The highest BCUT2D eigenvalue weighted by molar-refractivity contribution is 5.58. The first-order valence-corrected chi connectivity index (χ1v) is 6.17. The third-order valence-corrected chi connectivity index (χ3v) is 3.48. The number of aliphatic hydroxyl groups is 1. The van der Waals surface area contributed by atoms with Crippen molar-refractivity contribution >= 4 is 11.4 Å². The second kappa shape index (κ2) is 5.52. The van der Waals surface area contributed by atoms with Crippen LogP contribution in [-0.4, -0.2) is 17.8 Å². The zero-order valence-corrected chi connectivity index (χ0v) is 10.1. The van der Waals surface area contributed by atoms with Gasteiger partial charge in [0.2, 0.25) is 0 Å². The van der Waals surface area contributed by atoms with E-state index in [4.69, 9.17) is 5.73 Å². The molecular formula is C13H18F2N2O. The molecule has 1 aromatic rings. The van der Waals surface area contributed by atoms with Gasteiger partial charge in [0.05, 0.1) is 6.10 Å². The van der Waals surface area contributed by atoms with Crippen LogP contribution in [0.4, 0.5) is 20.2 Å². The molecule has 0 amide bonds. The molecule has 18 heavy (non-hydrogen) atoms. The van der Waals surface area contributed by atoms with Crippen LogP contribution in [0.2, 0.25) is 0 Å². The summed E-state index contributed by atoms with van der Waals surface area (Å²) in [5.74, 6) is 0.146. The van der Waals surface area contributed by atoms with Crippen molar-refractivity contribution < 1.29 is 13.9 Å². The van der Waals surface area contributed by atoms with Gasteiger partial charge in [0, 0.05) is 29.4 Å². The Morgan fingerprint density at radius 3 is 2.78 bits per heavy atom. The van der Waals surface area contributed by atoms with Crippen LogP contribution in [0, 0.1) is 5.92 Å². The maximum Gasteiger partial charge on any atom is 0.265 e. The summed E-state index contributed by atoms with van der Waals surface area (Å²) < 4.78 is 25.7. The summed E-state index contributed by atoms with van der Waals surface area (Å²) in [6.45, 7) is 0.519. The van der Waals surface area contributed by atoms with E-state index in [9.17, 15) is 13.9 Å². The summed E-state index contributed by atoms with van der Waals surface area (Å²) in [4.78, 5) is 0. The minimum Gasteiger partial charge on any atom is -0.399 e. The molecule has 3 nitrogen and oxygen atoms in total. The third-order valence-electron chi connectivity index (χ3n) is 3.48. The average molecular weight is 256 g/mol. The topological polar surface area (TPSA) is 58.3 Å². The quantitative estimate of drug-likeness (QED) is 0.726. The van der Waals surface area contributed by atoms with Crippen LogP contribution in [0.1, 0.15) is 31.3 Å². The number of nitrogens with one attached hydrogen (secondary N) is 1. The van der Waals surface area contributed by atoms with Gasteiger partial charge in [-0.3, -0.25) is 0 Å². The molecule has 0 radical (unpaired) electrons. The van der Waals surface area contributed by atoms with E-state index in [1.807, 2.05) is 0 Å². The van der Waals surface area contributed by atoms with Crippen molar-refractivity contribution in [2.24, 2.45) is 5.92 Å². The maximum atomic E-state index is 12.8. The van der Waals surface area contributed by atoms with Gasteiger partial charge in [0.25, 0.3) is 6.43 Å². The van der Waals surface area contributed by atoms with Gasteiger partial charge in [0.1, 0.15) is 0 Å². The molecule has 1 aromatic carbocycles. The number of hydrogen-bond donors (Lipinski definition) is 3. The van der Waals surface area contributed by atoms with Crippen molar-refractivity contribution in [2.45, 2.75) is 31.8 Å². The SMILES string of the molecule is Nc1ccc(NCC2CCCC2O)c(C(F)F)c1. The Morgan fingerprint density at radius 2 is 2.17 bits per heavy atom. The summed E-state index contributed by atoms with van der Waals surface area (Å²) in [5, 5.41) is 12.7. The lowest BCUT2D eigenvalue weighted by Crippen LogP contribution is -2.22. The lowest BCUT2D eigenvalue weighted by atomic mass is 10.1. The van der Waals surface area contributed by atoms with Crippen LogP contribution in [0.25, 0.3) is 0 Å². The number of nitrogen functional groups attached to an aromatic ring is 1. The molecule has 0 heterocycles. The Bertz CT molecular complexity index is 412. The Kier molecular flexibility index (Phi) is 4.01. The van der Waals surface area contributed by atoms with Crippen molar-refractivity contribution in [3.05, 3.63) is 23.8 Å². The molecule has 0 aliphatic heterocycles. The molecule has 5 heteroatoms. The molecule has 4 N–H and O–H groups in total. The monoisotopic (exact) mass is 256 g/mol. The highest BCUT2D eigenvalue weighted by Crippen LogP contribution is 2.31. The van der Waals surface area contributed by atoms with Crippen LogP contribution >= 0.6 is 0 Å². The molecule has 1 saturated carbocycles. The zero-order valence-electron chi connectivity index (χ0n) is 10.1. The summed E-state index contributed by atoms with van der Waals surface area (Å²) in [6, 6.07) is 4.45. The molecule has 2 atom stereocenters.